The Hall–Kier alpha value is -3.10. The van der Waals surface area contributed by atoms with Crippen LogP contribution in [0.5, 0.6) is 5.75 Å². The van der Waals surface area contributed by atoms with Crippen LogP contribution in [0.15, 0.2) is 24.3 Å². The summed E-state index contributed by atoms with van der Waals surface area (Å²) in [5, 5.41) is 16.7. The van der Waals surface area contributed by atoms with Crippen LogP contribution in [0.2, 0.25) is 0 Å². The molecule has 1 aliphatic rings. The van der Waals surface area contributed by atoms with E-state index in [1.54, 1.807) is 24.3 Å². The molecule has 1 fully saturated rings. The number of hydrogen-bond acceptors (Lipinski definition) is 5. The van der Waals surface area contributed by atoms with E-state index in [0.29, 0.717) is 24.3 Å². The number of piperazine rings is 1. The van der Waals surface area contributed by atoms with Crippen molar-refractivity contribution in [3.8, 4) is 5.75 Å². The number of carbonyl (C=O) groups is 3. The van der Waals surface area contributed by atoms with Gasteiger partial charge in [0.2, 0.25) is 0 Å². The van der Waals surface area contributed by atoms with E-state index in [0.717, 1.165) is 0 Å². The first kappa shape index (κ1) is 22.2. The molecule has 2 rings (SSSR count). The van der Waals surface area contributed by atoms with Crippen LogP contribution >= 0.6 is 0 Å². The molecule has 0 aromatic heterocycles. The van der Waals surface area contributed by atoms with E-state index >= 15 is 0 Å². The molecule has 0 bridgehead atoms. The molecular weight excluding hydrogens is 376 g/mol. The number of amidine groups is 1. The SMILES string of the molecule is CCCN1C(=O)C(=O)N(C(CC(=O)O)C(C)C)CC1Oc1ccc(C(=N)N)cc1. The number of carbonyl (C=O) groups excluding carboxylic acids is 2. The molecule has 1 aliphatic heterocycles. The summed E-state index contributed by atoms with van der Waals surface area (Å²) in [5.41, 5.74) is 6.00. The number of amides is 2. The van der Waals surface area contributed by atoms with Gasteiger partial charge in [-0.25, -0.2) is 0 Å². The van der Waals surface area contributed by atoms with Crippen molar-refractivity contribution in [1.29, 1.82) is 5.41 Å². The topological polar surface area (TPSA) is 137 Å². The van der Waals surface area contributed by atoms with E-state index in [9.17, 15) is 19.5 Å². The van der Waals surface area contributed by atoms with E-state index in [1.807, 2.05) is 20.8 Å². The fourth-order valence-electron chi connectivity index (χ4n) is 3.35. The Balaban J connectivity index is 2.30. The van der Waals surface area contributed by atoms with Gasteiger partial charge in [0.15, 0.2) is 6.23 Å². The van der Waals surface area contributed by atoms with Crippen LogP contribution < -0.4 is 10.5 Å². The molecule has 2 amide bonds. The summed E-state index contributed by atoms with van der Waals surface area (Å²) in [4.78, 5) is 39.4. The van der Waals surface area contributed by atoms with Gasteiger partial charge in [-0.05, 0) is 36.6 Å². The fraction of sp³-hybridized carbons (Fsp3) is 0.500. The summed E-state index contributed by atoms with van der Waals surface area (Å²) < 4.78 is 5.99. The number of nitrogens with two attached hydrogens (primary N) is 1. The number of nitrogens with zero attached hydrogens (tertiary/aromatic N) is 2. The quantitative estimate of drug-likeness (QED) is 0.322. The minimum atomic E-state index is -1.03. The molecule has 29 heavy (non-hydrogen) atoms. The standard InChI is InChI=1S/C20H28N4O5/c1-4-9-23-16(29-14-7-5-13(6-8-14)18(21)22)11-24(20(28)19(23)27)15(12(2)3)10-17(25)26/h5-8,12,15-16H,4,9-11H2,1-3H3,(H3,21,22)(H,25,26). The van der Waals surface area contributed by atoms with Crippen molar-refractivity contribution in [1.82, 2.24) is 9.80 Å². The lowest BCUT2D eigenvalue weighted by molar-refractivity contribution is -0.170. The highest BCUT2D eigenvalue weighted by Gasteiger charge is 2.43. The number of hydrogen-bond donors (Lipinski definition) is 3. The van der Waals surface area contributed by atoms with Gasteiger partial charge in [-0.2, -0.15) is 0 Å². The zero-order valence-corrected chi connectivity index (χ0v) is 16.9. The number of rotatable bonds is 9. The molecule has 1 aromatic rings. The molecule has 2 atom stereocenters. The molecule has 2 unspecified atom stereocenters. The lowest BCUT2D eigenvalue weighted by atomic mass is 9.97. The average Bonchev–Trinajstić information content (AvgIpc) is 2.66. The Kier molecular flexibility index (Phi) is 7.19. The minimum absolute atomic E-state index is 0.0674. The molecule has 9 heteroatoms. The number of aliphatic carboxylic acids is 1. The predicted octanol–water partition coefficient (Wildman–Crippen LogP) is 1.26. The third-order valence-electron chi connectivity index (χ3n) is 4.86. The Morgan fingerprint density at radius 2 is 1.90 bits per heavy atom. The zero-order valence-electron chi connectivity index (χ0n) is 16.9. The van der Waals surface area contributed by atoms with Gasteiger partial charge in [0.1, 0.15) is 11.6 Å². The second-order valence-electron chi connectivity index (χ2n) is 7.38. The van der Waals surface area contributed by atoms with Crippen molar-refractivity contribution in [2.24, 2.45) is 11.7 Å². The highest BCUT2D eigenvalue weighted by atomic mass is 16.5. The predicted molar refractivity (Wildman–Crippen MR) is 106 cm³/mol. The van der Waals surface area contributed by atoms with Crippen LogP contribution in [0.4, 0.5) is 0 Å². The van der Waals surface area contributed by atoms with Crippen LogP contribution in [0.3, 0.4) is 0 Å². The van der Waals surface area contributed by atoms with Gasteiger partial charge < -0.3 is 20.5 Å². The second-order valence-corrected chi connectivity index (χ2v) is 7.38. The number of nitrogens with one attached hydrogen (secondary N) is 1. The Morgan fingerprint density at radius 3 is 2.38 bits per heavy atom. The molecule has 9 nitrogen and oxygen atoms in total. The average molecular weight is 404 g/mol. The van der Waals surface area contributed by atoms with Gasteiger partial charge in [-0.3, -0.25) is 24.7 Å². The van der Waals surface area contributed by atoms with Gasteiger partial charge >= 0.3 is 17.8 Å². The molecule has 0 aliphatic carbocycles. The van der Waals surface area contributed by atoms with Crippen molar-refractivity contribution in [3.05, 3.63) is 29.8 Å². The molecule has 4 N–H and O–H groups in total. The first-order chi connectivity index (χ1) is 13.6. The van der Waals surface area contributed by atoms with Crippen LogP contribution in [0.25, 0.3) is 0 Å². The van der Waals surface area contributed by atoms with E-state index in [1.165, 1.54) is 9.80 Å². The maximum atomic E-state index is 12.7. The maximum Gasteiger partial charge on any atom is 0.315 e. The molecule has 158 valence electrons. The van der Waals surface area contributed by atoms with Crippen molar-refractivity contribution in [3.63, 3.8) is 0 Å². The second kappa shape index (κ2) is 9.40. The van der Waals surface area contributed by atoms with Crippen LogP contribution in [-0.4, -0.2) is 63.9 Å². The summed E-state index contributed by atoms with van der Waals surface area (Å²) in [6, 6.07) is 5.94. The number of carboxylic acid groups (broad SMARTS) is 1. The smallest absolute Gasteiger partial charge is 0.315 e. The van der Waals surface area contributed by atoms with E-state index in [2.05, 4.69) is 0 Å². The fourth-order valence-corrected chi connectivity index (χ4v) is 3.35. The molecule has 0 spiro atoms. The molecule has 1 saturated heterocycles. The van der Waals surface area contributed by atoms with Gasteiger partial charge in [0.05, 0.1) is 13.0 Å². The highest BCUT2D eigenvalue weighted by Crippen LogP contribution is 2.24. The van der Waals surface area contributed by atoms with Gasteiger partial charge in [-0.15, -0.1) is 0 Å². The monoisotopic (exact) mass is 404 g/mol. The van der Waals surface area contributed by atoms with Crippen LogP contribution in [0.1, 0.15) is 39.2 Å². The van der Waals surface area contributed by atoms with Crippen LogP contribution in [0, 0.1) is 11.3 Å². The number of ether oxygens (including phenoxy) is 1. The van der Waals surface area contributed by atoms with Crippen molar-refractivity contribution < 1.29 is 24.2 Å². The normalized spacial score (nSPS) is 18.1. The van der Waals surface area contributed by atoms with Crippen molar-refractivity contribution in [2.45, 2.75) is 45.9 Å². The summed E-state index contributed by atoms with van der Waals surface area (Å²) in [7, 11) is 0. The van der Waals surface area contributed by atoms with Crippen molar-refractivity contribution >= 4 is 23.6 Å². The minimum Gasteiger partial charge on any atom is -0.481 e. The van der Waals surface area contributed by atoms with Gasteiger partial charge in [0.25, 0.3) is 0 Å². The summed E-state index contributed by atoms with van der Waals surface area (Å²) in [6.07, 6.45) is -0.339. The van der Waals surface area contributed by atoms with Gasteiger partial charge in [-0.1, -0.05) is 20.8 Å². The maximum absolute atomic E-state index is 12.7. The molecule has 1 aromatic carbocycles. The highest BCUT2D eigenvalue weighted by molar-refractivity contribution is 6.35. The lowest BCUT2D eigenvalue weighted by Gasteiger charge is -2.43. The van der Waals surface area contributed by atoms with Gasteiger partial charge in [0, 0.05) is 18.2 Å². The number of benzene rings is 1. The lowest BCUT2D eigenvalue weighted by Crippen LogP contribution is -2.64. The third-order valence-corrected chi connectivity index (χ3v) is 4.86. The Labute approximate surface area is 169 Å². The third kappa shape index (κ3) is 5.24. The summed E-state index contributed by atoms with van der Waals surface area (Å²) in [6.45, 7) is 5.96. The summed E-state index contributed by atoms with van der Waals surface area (Å²) >= 11 is 0. The largest absolute Gasteiger partial charge is 0.481 e. The summed E-state index contributed by atoms with van der Waals surface area (Å²) in [5.74, 6) is -2.18. The van der Waals surface area contributed by atoms with E-state index < -0.39 is 30.1 Å². The molecule has 0 radical (unpaired) electrons. The van der Waals surface area contributed by atoms with E-state index in [-0.39, 0.29) is 24.7 Å². The van der Waals surface area contributed by atoms with Crippen molar-refractivity contribution in [2.75, 3.05) is 13.1 Å². The molecule has 0 saturated carbocycles. The molecule has 1 heterocycles. The van der Waals surface area contributed by atoms with E-state index in [4.69, 9.17) is 15.9 Å². The Morgan fingerprint density at radius 1 is 1.28 bits per heavy atom. The number of carboxylic acids is 1. The zero-order chi connectivity index (χ0) is 21.7. The molecular formula is C20H28N4O5. The first-order valence-electron chi connectivity index (χ1n) is 9.60. The number of nitrogen functional groups attached to an aromatic ring is 1. The van der Waals surface area contributed by atoms with Crippen LogP contribution in [-0.2, 0) is 14.4 Å². The first-order valence-corrected chi connectivity index (χ1v) is 9.60. The Bertz CT molecular complexity index is 778.